The first kappa shape index (κ1) is 16.2. The zero-order chi connectivity index (χ0) is 17.1. The molecule has 5 heteroatoms. The van der Waals surface area contributed by atoms with Crippen LogP contribution in [0.1, 0.15) is 35.3 Å². The number of carbonyl (C=O) groups is 1. The predicted octanol–water partition coefficient (Wildman–Crippen LogP) is 4.47. The van der Waals surface area contributed by atoms with Crippen LogP contribution in [0, 0.1) is 12.7 Å². The lowest BCUT2D eigenvalue weighted by Crippen LogP contribution is -1.96. The summed E-state index contributed by atoms with van der Waals surface area (Å²) >= 11 is 0. The van der Waals surface area contributed by atoms with Crippen LogP contribution in [0.25, 0.3) is 16.8 Å². The summed E-state index contributed by atoms with van der Waals surface area (Å²) < 4.78 is 15.4. The Labute approximate surface area is 140 Å². The summed E-state index contributed by atoms with van der Waals surface area (Å²) in [5, 5.41) is 2.89. The van der Waals surface area contributed by atoms with Crippen LogP contribution in [-0.2, 0) is 0 Å². The molecule has 1 aliphatic rings. The van der Waals surface area contributed by atoms with Crippen LogP contribution in [0.3, 0.4) is 0 Å². The number of halogens is 1. The molecule has 0 radical (unpaired) electrons. The van der Waals surface area contributed by atoms with E-state index in [0.717, 1.165) is 17.4 Å². The highest BCUT2D eigenvalue weighted by Crippen LogP contribution is 2.27. The van der Waals surface area contributed by atoms with Gasteiger partial charge in [0.05, 0.1) is 0 Å². The Morgan fingerprint density at radius 1 is 1.21 bits per heavy atom. The van der Waals surface area contributed by atoms with Crippen LogP contribution >= 0.6 is 0 Å². The van der Waals surface area contributed by atoms with Crippen molar-refractivity contribution in [2.24, 2.45) is 0 Å². The lowest BCUT2D eigenvalue weighted by atomic mass is 10.0. The van der Waals surface area contributed by atoms with Crippen molar-refractivity contribution in [3.8, 4) is 11.1 Å². The zero-order valence-electron chi connectivity index (χ0n) is 13.8. The van der Waals surface area contributed by atoms with Crippen LogP contribution in [0.4, 0.5) is 10.2 Å². The monoisotopic (exact) mass is 325 g/mol. The SMILES string of the molecule is C1CC1.CNc1nc2ccc(-c3cccc(F)c3C)cn2c1C=O. The van der Waals surface area contributed by atoms with Crippen LogP contribution < -0.4 is 5.32 Å². The minimum atomic E-state index is -0.246. The number of pyridine rings is 1. The molecule has 0 amide bonds. The zero-order valence-corrected chi connectivity index (χ0v) is 13.8. The highest BCUT2D eigenvalue weighted by molar-refractivity contribution is 5.83. The third-order valence-corrected chi connectivity index (χ3v) is 3.94. The summed E-state index contributed by atoms with van der Waals surface area (Å²) in [7, 11) is 1.71. The molecule has 0 saturated heterocycles. The molecule has 1 N–H and O–H groups in total. The van der Waals surface area contributed by atoms with Gasteiger partial charge in [-0.15, -0.1) is 0 Å². The van der Waals surface area contributed by atoms with Gasteiger partial charge >= 0.3 is 0 Å². The molecule has 3 aromatic rings. The smallest absolute Gasteiger partial charge is 0.170 e. The molecule has 1 aromatic carbocycles. The van der Waals surface area contributed by atoms with E-state index in [1.165, 1.54) is 25.3 Å². The molecule has 0 bridgehead atoms. The largest absolute Gasteiger partial charge is 0.371 e. The summed E-state index contributed by atoms with van der Waals surface area (Å²) in [5.74, 6) is 0.280. The Morgan fingerprint density at radius 2 is 1.96 bits per heavy atom. The lowest BCUT2D eigenvalue weighted by Gasteiger charge is -2.07. The number of aldehydes is 1. The van der Waals surface area contributed by atoms with Crippen molar-refractivity contribution in [1.29, 1.82) is 0 Å². The van der Waals surface area contributed by atoms with Crippen molar-refractivity contribution in [3.63, 3.8) is 0 Å². The maximum Gasteiger partial charge on any atom is 0.170 e. The fourth-order valence-electron chi connectivity index (χ4n) is 2.44. The summed E-state index contributed by atoms with van der Waals surface area (Å²) in [6, 6.07) is 8.65. The van der Waals surface area contributed by atoms with Crippen LogP contribution in [0.15, 0.2) is 36.5 Å². The fraction of sp³-hybridized carbons (Fsp3) is 0.263. The molecule has 0 unspecified atom stereocenters. The van der Waals surface area contributed by atoms with Gasteiger partial charge < -0.3 is 5.32 Å². The molecule has 0 aliphatic heterocycles. The van der Waals surface area contributed by atoms with Crippen molar-refractivity contribution in [2.45, 2.75) is 26.2 Å². The van der Waals surface area contributed by atoms with Gasteiger partial charge in [-0.2, -0.15) is 0 Å². The fourth-order valence-corrected chi connectivity index (χ4v) is 2.44. The number of imidazole rings is 1. The molecule has 24 heavy (non-hydrogen) atoms. The second-order valence-electron chi connectivity index (χ2n) is 5.83. The van der Waals surface area contributed by atoms with Crippen molar-refractivity contribution in [2.75, 3.05) is 12.4 Å². The van der Waals surface area contributed by atoms with Gasteiger partial charge in [-0.1, -0.05) is 31.4 Å². The van der Waals surface area contributed by atoms with Gasteiger partial charge in [0.1, 0.15) is 17.2 Å². The number of anilines is 1. The minimum absolute atomic E-state index is 0.246. The second kappa shape index (κ2) is 6.83. The Kier molecular flexibility index (Phi) is 4.60. The number of rotatable bonds is 3. The average Bonchev–Trinajstić information content (AvgIpc) is 3.43. The quantitative estimate of drug-likeness (QED) is 0.723. The van der Waals surface area contributed by atoms with Gasteiger partial charge in [0.2, 0.25) is 0 Å². The number of hydrogen-bond acceptors (Lipinski definition) is 3. The van der Waals surface area contributed by atoms with E-state index >= 15 is 0 Å². The summed E-state index contributed by atoms with van der Waals surface area (Å²) in [5.41, 5.74) is 3.33. The topological polar surface area (TPSA) is 46.4 Å². The first-order valence-corrected chi connectivity index (χ1v) is 8.06. The third kappa shape index (κ3) is 3.15. The molecule has 124 valence electrons. The first-order chi connectivity index (χ1) is 11.7. The Hall–Kier alpha value is -2.69. The van der Waals surface area contributed by atoms with Crippen molar-refractivity contribution in [1.82, 2.24) is 9.38 Å². The van der Waals surface area contributed by atoms with Gasteiger partial charge in [-0.25, -0.2) is 9.37 Å². The van der Waals surface area contributed by atoms with Gasteiger partial charge in [-0.3, -0.25) is 9.20 Å². The molecule has 1 saturated carbocycles. The maximum absolute atomic E-state index is 13.7. The van der Waals surface area contributed by atoms with Crippen LogP contribution in [0.2, 0.25) is 0 Å². The van der Waals surface area contributed by atoms with E-state index in [0.29, 0.717) is 22.7 Å². The molecule has 4 rings (SSSR count). The van der Waals surface area contributed by atoms with Gasteiger partial charge in [0, 0.05) is 13.2 Å². The van der Waals surface area contributed by atoms with Gasteiger partial charge in [0.15, 0.2) is 12.1 Å². The van der Waals surface area contributed by atoms with E-state index in [1.807, 2.05) is 18.2 Å². The average molecular weight is 325 g/mol. The van der Waals surface area contributed by atoms with E-state index < -0.39 is 0 Å². The summed E-state index contributed by atoms with van der Waals surface area (Å²) in [6.45, 7) is 1.74. The van der Waals surface area contributed by atoms with Gasteiger partial charge in [-0.05, 0) is 41.8 Å². The Morgan fingerprint density at radius 3 is 2.58 bits per heavy atom. The Bertz CT molecular complexity index is 881. The number of fused-ring (bicyclic) bond motifs is 1. The third-order valence-electron chi connectivity index (χ3n) is 3.94. The van der Waals surface area contributed by atoms with Gasteiger partial charge in [0.25, 0.3) is 0 Å². The highest BCUT2D eigenvalue weighted by atomic mass is 19.1. The van der Waals surface area contributed by atoms with E-state index in [-0.39, 0.29) is 5.82 Å². The van der Waals surface area contributed by atoms with E-state index in [4.69, 9.17) is 0 Å². The molecule has 0 atom stereocenters. The van der Waals surface area contributed by atoms with E-state index in [9.17, 15) is 9.18 Å². The minimum Gasteiger partial charge on any atom is -0.371 e. The molecule has 0 spiro atoms. The molecule has 1 aliphatic carbocycles. The van der Waals surface area contributed by atoms with E-state index in [1.54, 1.807) is 30.6 Å². The number of nitrogens with zero attached hydrogens (tertiary/aromatic N) is 2. The molecular formula is C19H20FN3O. The molecular weight excluding hydrogens is 305 g/mol. The van der Waals surface area contributed by atoms with Crippen molar-refractivity contribution < 1.29 is 9.18 Å². The first-order valence-electron chi connectivity index (χ1n) is 8.06. The normalized spacial score (nSPS) is 12.5. The number of carbonyl (C=O) groups excluding carboxylic acids is 1. The number of hydrogen-bond donors (Lipinski definition) is 1. The lowest BCUT2D eigenvalue weighted by molar-refractivity contribution is 0.111. The Balaban J connectivity index is 0.000000508. The van der Waals surface area contributed by atoms with Crippen LogP contribution in [0.5, 0.6) is 0 Å². The predicted molar refractivity (Wildman–Crippen MR) is 94.1 cm³/mol. The number of benzene rings is 1. The molecule has 4 nitrogen and oxygen atoms in total. The molecule has 2 heterocycles. The molecule has 2 aromatic heterocycles. The maximum atomic E-state index is 13.7. The molecule has 1 fully saturated rings. The number of aromatic nitrogens is 2. The highest BCUT2D eigenvalue weighted by Gasteiger charge is 2.12. The summed E-state index contributed by atoms with van der Waals surface area (Å²) in [4.78, 5) is 15.6. The summed E-state index contributed by atoms with van der Waals surface area (Å²) in [6.07, 6.45) is 7.06. The van der Waals surface area contributed by atoms with Crippen LogP contribution in [-0.4, -0.2) is 22.7 Å². The standard InChI is InChI=1S/C16H14FN3O.C3H6/c1-10-12(4-3-5-13(10)17)11-6-7-15-19-16(18-2)14(9-21)20(15)8-11;1-2-3-1/h3-9,18H,1-2H3;1-3H2. The van der Waals surface area contributed by atoms with Crippen molar-refractivity contribution >= 4 is 17.8 Å². The number of nitrogens with one attached hydrogen (secondary N) is 1. The van der Waals surface area contributed by atoms with Crippen molar-refractivity contribution in [3.05, 3.63) is 53.6 Å². The second-order valence-corrected chi connectivity index (χ2v) is 5.83. The van der Waals surface area contributed by atoms with E-state index in [2.05, 4.69) is 10.3 Å².